The van der Waals surface area contributed by atoms with E-state index in [1.54, 1.807) is 6.07 Å². The van der Waals surface area contributed by atoms with Crippen LogP contribution >= 0.6 is 27.3 Å². The fourth-order valence-corrected chi connectivity index (χ4v) is 5.18. The van der Waals surface area contributed by atoms with E-state index in [-0.39, 0.29) is 6.10 Å². The quantitative estimate of drug-likeness (QED) is 0.885. The second-order valence-corrected chi connectivity index (χ2v) is 8.71. The van der Waals surface area contributed by atoms with Crippen molar-refractivity contribution in [1.29, 1.82) is 0 Å². The summed E-state index contributed by atoms with van der Waals surface area (Å²) < 4.78 is 33.3. The fraction of sp³-hybridized carbons (Fsp3) is 0.636. The zero-order valence-electron chi connectivity index (χ0n) is 10.1. The number of aryl methyl sites for hydroxylation is 1. The minimum Gasteiger partial charge on any atom is -0.378 e. The van der Waals surface area contributed by atoms with Crippen LogP contribution in [-0.2, 0) is 14.8 Å². The number of hydrogen-bond donors (Lipinski definition) is 1. The summed E-state index contributed by atoms with van der Waals surface area (Å²) >= 11 is 4.58. The van der Waals surface area contributed by atoms with Gasteiger partial charge in [0.15, 0.2) is 0 Å². The van der Waals surface area contributed by atoms with Crippen molar-refractivity contribution in [2.24, 2.45) is 0 Å². The highest BCUT2D eigenvalue weighted by Crippen LogP contribution is 2.30. The number of sulfonamides is 1. The van der Waals surface area contributed by atoms with E-state index in [9.17, 15) is 8.42 Å². The van der Waals surface area contributed by atoms with Crippen molar-refractivity contribution in [1.82, 2.24) is 4.72 Å². The van der Waals surface area contributed by atoms with Crippen LogP contribution in [0.2, 0.25) is 0 Å². The summed E-state index contributed by atoms with van der Waals surface area (Å²) in [5.74, 6) is 0. The third-order valence-corrected chi connectivity index (χ3v) is 6.95. The molecule has 1 aliphatic heterocycles. The highest BCUT2D eigenvalue weighted by Gasteiger charge is 2.20. The van der Waals surface area contributed by atoms with Crippen molar-refractivity contribution < 1.29 is 13.2 Å². The lowest BCUT2D eigenvalue weighted by atomic mass is 10.2. The van der Waals surface area contributed by atoms with Crippen LogP contribution in [0.5, 0.6) is 0 Å². The predicted octanol–water partition coefficient (Wildman–Crippen LogP) is 2.67. The number of rotatable bonds is 5. The lowest BCUT2D eigenvalue weighted by Crippen LogP contribution is -2.26. The van der Waals surface area contributed by atoms with Crippen LogP contribution < -0.4 is 4.72 Å². The largest absolute Gasteiger partial charge is 0.378 e. The standard InChI is InChI=1S/C11H16BrNO3S2/c1-8-7-10(17-11(8)12)18(14,15)13-5-4-9-3-2-6-16-9/h7,9,13H,2-6H2,1H3. The molecular weight excluding hydrogens is 338 g/mol. The summed E-state index contributed by atoms with van der Waals surface area (Å²) in [5.41, 5.74) is 0.944. The van der Waals surface area contributed by atoms with Gasteiger partial charge in [-0.05, 0) is 53.7 Å². The summed E-state index contributed by atoms with van der Waals surface area (Å²) in [6.45, 7) is 3.11. The Balaban J connectivity index is 1.90. The molecule has 1 aromatic heterocycles. The van der Waals surface area contributed by atoms with Gasteiger partial charge >= 0.3 is 0 Å². The molecule has 0 saturated carbocycles. The Morgan fingerprint density at radius 2 is 2.39 bits per heavy atom. The van der Waals surface area contributed by atoms with Gasteiger partial charge < -0.3 is 4.74 Å². The van der Waals surface area contributed by atoms with Crippen molar-refractivity contribution in [3.8, 4) is 0 Å². The molecular formula is C11H16BrNO3S2. The molecule has 1 unspecified atom stereocenters. The smallest absolute Gasteiger partial charge is 0.250 e. The van der Waals surface area contributed by atoms with Gasteiger partial charge in [0.05, 0.1) is 9.89 Å². The van der Waals surface area contributed by atoms with Crippen LogP contribution in [-0.4, -0.2) is 27.7 Å². The molecule has 0 amide bonds. The van der Waals surface area contributed by atoms with Gasteiger partial charge in [-0.15, -0.1) is 11.3 Å². The Labute approximate surface area is 120 Å². The summed E-state index contributed by atoms with van der Waals surface area (Å²) in [6, 6.07) is 1.68. The molecule has 1 saturated heterocycles. The maximum absolute atomic E-state index is 12.0. The number of hydrogen-bond acceptors (Lipinski definition) is 4. The highest BCUT2D eigenvalue weighted by molar-refractivity contribution is 9.11. The van der Waals surface area contributed by atoms with Crippen molar-refractivity contribution in [2.45, 2.75) is 36.5 Å². The molecule has 0 aliphatic carbocycles. The molecule has 7 heteroatoms. The topological polar surface area (TPSA) is 55.4 Å². The third-order valence-electron chi connectivity index (χ3n) is 2.88. The summed E-state index contributed by atoms with van der Waals surface area (Å²) in [7, 11) is -3.37. The average molecular weight is 354 g/mol. The van der Waals surface area contributed by atoms with Gasteiger partial charge in [-0.1, -0.05) is 0 Å². The van der Waals surface area contributed by atoms with E-state index in [2.05, 4.69) is 20.7 Å². The minimum absolute atomic E-state index is 0.213. The molecule has 0 aromatic carbocycles. The van der Waals surface area contributed by atoms with E-state index in [4.69, 9.17) is 4.74 Å². The van der Waals surface area contributed by atoms with Crippen LogP contribution in [0.25, 0.3) is 0 Å². The third kappa shape index (κ3) is 3.54. The zero-order valence-corrected chi connectivity index (χ0v) is 13.3. The van der Waals surface area contributed by atoms with Crippen LogP contribution in [0.3, 0.4) is 0 Å². The second kappa shape index (κ2) is 6.00. The number of thiophene rings is 1. The molecule has 2 rings (SSSR count). The zero-order chi connectivity index (χ0) is 13.2. The molecule has 1 aromatic rings. The first kappa shape index (κ1) is 14.5. The maximum Gasteiger partial charge on any atom is 0.250 e. The van der Waals surface area contributed by atoms with E-state index >= 15 is 0 Å². The van der Waals surface area contributed by atoms with Crippen molar-refractivity contribution in [3.05, 3.63) is 15.4 Å². The Morgan fingerprint density at radius 1 is 1.61 bits per heavy atom. The van der Waals surface area contributed by atoms with Gasteiger partial charge in [0.1, 0.15) is 4.21 Å². The first-order valence-corrected chi connectivity index (χ1v) is 8.95. The van der Waals surface area contributed by atoms with Gasteiger partial charge in [-0.3, -0.25) is 0 Å². The SMILES string of the molecule is Cc1cc(S(=O)(=O)NCCC2CCCO2)sc1Br. The monoisotopic (exact) mass is 353 g/mol. The number of ether oxygens (including phenoxy) is 1. The lowest BCUT2D eigenvalue weighted by molar-refractivity contribution is 0.105. The number of nitrogens with one attached hydrogen (secondary N) is 1. The normalized spacial score (nSPS) is 20.4. The van der Waals surface area contributed by atoms with Crippen molar-refractivity contribution in [2.75, 3.05) is 13.2 Å². The molecule has 1 aliphatic rings. The average Bonchev–Trinajstić information content (AvgIpc) is 2.90. The number of halogens is 1. The van der Waals surface area contributed by atoms with Gasteiger partial charge in [0.2, 0.25) is 10.0 Å². The predicted molar refractivity (Wildman–Crippen MR) is 75.5 cm³/mol. The van der Waals surface area contributed by atoms with E-state index < -0.39 is 10.0 Å². The van der Waals surface area contributed by atoms with Crippen molar-refractivity contribution in [3.63, 3.8) is 0 Å². The minimum atomic E-state index is -3.37. The molecule has 0 radical (unpaired) electrons. The highest BCUT2D eigenvalue weighted by atomic mass is 79.9. The van der Waals surface area contributed by atoms with Gasteiger partial charge in [0, 0.05) is 13.2 Å². The fourth-order valence-electron chi connectivity index (χ4n) is 1.86. The van der Waals surface area contributed by atoms with Crippen LogP contribution in [0.15, 0.2) is 14.1 Å². The van der Waals surface area contributed by atoms with Crippen LogP contribution in [0.4, 0.5) is 0 Å². The summed E-state index contributed by atoms with van der Waals surface area (Å²) in [4.78, 5) is 0. The first-order chi connectivity index (χ1) is 8.49. The van der Waals surface area contributed by atoms with Crippen molar-refractivity contribution >= 4 is 37.3 Å². The molecule has 1 atom stereocenters. The Hall–Kier alpha value is 0.0500. The molecule has 2 heterocycles. The van der Waals surface area contributed by atoms with E-state index in [1.165, 1.54) is 11.3 Å². The molecule has 0 bridgehead atoms. The Bertz CT molecular complexity index is 487. The van der Waals surface area contributed by atoms with Gasteiger partial charge in [-0.25, -0.2) is 13.1 Å². The molecule has 18 heavy (non-hydrogen) atoms. The summed E-state index contributed by atoms with van der Waals surface area (Å²) in [5, 5.41) is 0. The molecule has 1 N–H and O–H groups in total. The second-order valence-electron chi connectivity index (χ2n) is 4.34. The first-order valence-electron chi connectivity index (χ1n) is 5.86. The Kier molecular flexibility index (Phi) is 4.82. The van der Waals surface area contributed by atoms with E-state index in [1.807, 2.05) is 6.92 Å². The van der Waals surface area contributed by atoms with Crippen LogP contribution in [0.1, 0.15) is 24.8 Å². The molecule has 1 fully saturated rings. The maximum atomic E-state index is 12.0. The molecule has 102 valence electrons. The van der Waals surface area contributed by atoms with E-state index in [0.29, 0.717) is 10.8 Å². The molecule has 4 nitrogen and oxygen atoms in total. The lowest BCUT2D eigenvalue weighted by Gasteiger charge is -2.09. The van der Waals surface area contributed by atoms with Crippen LogP contribution in [0, 0.1) is 6.92 Å². The Morgan fingerprint density at radius 3 is 2.94 bits per heavy atom. The van der Waals surface area contributed by atoms with E-state index in [0.717, 1.165) is 35.2 Å². The van der Waals surface area contributed by atoms with Gasteiger partial charge in [0.25, 0.3) is 0 Å². The van der Waals surface area contributed by atoms with Gasteiger partial charge in [-0.2, -0.15) is 0 Å². The summed E-state index contributed by atoms with van der Waals surface area (Å²) in [6.07, 6.45) is 3.06. The molecule has 0 spiro atoms.